The van der Waals surface area contributed by atoms with Crippen molar-refractivity contribution < 1.29 is 4.79 Å². The molecular weight excluding hydrogens is 308 g/mol. The van der Waals surface area contributed by atoms with Gasteiger partial charge in [-0.15, -0.1) is 0 Å². The molecule has 0 aliphatic rings. The first-order valence-corrected chi connectivity index (χ1v) is 9.68. The van der Waals surface area contributed by atoms with Crippen LogP contribution < -0.4 is 5.32 Å². The van der Waals surface area contributed by atoms with Crippen LogP contribution in [0, 0.1) is 5.41 Å². The molecule has 1 N–H and O–H groups in total. The van der Waals surface area contributed by atoms with Gasteiger partial charge < -0.3 is 5.32 Å². The molecule has 1 atom stereocenters. The first kappa shape index (κ1) is 21.7. The fraction of sp³-hybridized carbons (Fsp3) is 0.682. The number of amides is 1. The predicted molar refractivity (Wildman–Crippen MR) is 108 cm³/mol. The second-order valence-corrected chi connectivity index (χ2v) is 8.87. The second-order valence-electron chi connectivity index (χ2n) is 8.87. The molecule has 0 fully saturated rings. The lowest BCUT2D eigenvalue weighted by atomic mass is 9.81. The average molecular weight is 347 g/mol. The van der Waals surface area contributed by atoms with Crippen LogP contribution >= 0.6 is 0 Å². The number of nitrogens with zero attached hydrogens (tertiary/aromatic N) is 1. The van der Waals surface area contributed by atoms with Crippen LogP contribution in [0.2, 0.25) is 0 Å². The standard InChI is InChI=1S/C22H38N2O/c1-8-24(9-2)19(16-15-18-13-11-10-12-14-18)20(25)23-22(6,7)17-21(3,4)5/h10-14,19H,8-9,15-17H2,1-7H3,(H,23,25). The van der Waals surface area contributed by atoms with Gasteiger partial charge in [0.15, 0.2) is 0 Å². The lowest BCUT2D eigenvalue weighted by Crippen LogP contribution is -2.54. The normalized spacial score (nSPS) is 13.8. The molecule has 1 aromatic carbocycles. The van der Waals surface area contributed by atoms with Crippen LogP contribution in [0.4, 0.5) is 0 Å². The molecule has 1 rings (SSSR count). The summed E-state index contributed by atoms with van der Waals surface area (Å²) in [5.41, 5.74) is 1.28. The van der Waals surface area contributed by atoms with E-state index >= 15 is 0 Å². The van der Waals surface area contributed by atoms with E-state index in [-0.39, 0.29) is 22.9 Å². The van der Waals surface area contributed by atoms with Crippen LogP contribution in [0.3, 0.4) is 0 Å². The van der Waals surface area contributed by atoms with Gasteiger partial charge in [-0.25, -0.2) is 0 Å². The summed E-state index contributed by atoms with van der Waals surface area (Å²) in [4.78, 5) is 15.3. The van der Waals surface area contributed by atoms with Gasteiger partial charge >= 0.3 is 0 Å². The molecule has 0 aliphatic heterocycles. The summed E-state index contributed by atoms with van der Waals surface area (Å²) < 4.78 is 0. The van der Waals surface area contributed by atoms with Crippen molar-refractivity contribution in [3.63, 3.8) is 0 Å². The highest BCUT2D eigenvalue weighted by Gasteiger charge is 2.31. The van der Waals surface area contributed by atoms with E-state index in [1.807, 2.05) is 6.07 Å². The Morgan fingerprint density at radius 1 is 1.04 bits per heavy atom. The third-order valence-electron chi connectivity index (χ3n) is 4.54. The van der Waals surface area contributed by atoms with Crippen LogP contribution in [0.1, 0.15) is 66.9 Å². The van der Waals surface area contributed by atoms with E-state index in [1.54, 1.807) is 0 Å². The molecule has 3 heteroatoms. The van der Waals surface area contributed by atoms with E-state index in [4.69, 9.17) is 0 Å². The third-order valence-corrected chi connectivity index (χ3v) is 4.54. The van der Waals surface area contributed by atoms with Crippen LogP contribution in [0.25, 0.3) is 0 Å². The Hall–Kier alpha value is -1.35. The first-order chi connectivity index (χ1) is 11.6. The minimum atomic E-state index is -0.201. The van der Waals surface area contributed by atoms with Crippen molar-refractivity contribution in [2.24, 2.45) is 5.41 Å². The Morgan fingerprint density at radius 2 is 1.60 bits per heavy atom. The van der Waals surface area contributed by atoms with E-state index < -0.39 is 0 Å². The molecule has 0 heterocycles. The first-order valence-electron chi connectivity index (χ1n) is 9.68. The number of hydrogen-bond donors (Lipinski definition) is 1. The van der Waals surface area contributed by atoms with Crippen LogP contribution in [-0.4, -0.2) is 35.5 Å². The van der Waals surface area contributed by atoms with Crippen molar-refractivity contribution in [2.45, 2.75) is 79.3 Å². The maximum atomic E-state index is 13.1. The zero-order chi connectivity index (χ0) is 19.1. The zero-order valence-corrected chi connectivity index (χ0v) is 17.4. The maximum Gasteiger partial charge on any atom is 0.237 e. The van der Waals surface area contributed by atoms with Crippen molar-refractivity contribution in [1.82, 2.24) is 10.2 Å². The third kappa shape index (κ3) is 8.04. The second kappa shape index (κ2) is 9.38. The molecule has 142 valence electrons. The number of aryl methyl sites for hydroxylation is 1. The van der Waals surface area contributed by atoms with Gasteiger partial charge in [0.1, 0.15) is 0 Å². The Balaban J connectivity index is 2.82. The molecule has 25 heavy (non-hydrogen) atoms. The molecule has 1 amide bonds. The minimum Gasteiger partial charge on any atom is -0.350 e. The summed E-state index contributed by atoms with van der Waals surface area (Å²) in [7, 11) is 0. The predicted octanol–water partition coefficient (Wildman–Crippen LogP) is 4.66. The van der Waals surface area contributed by atoms with E-state index in [9.17, 15) is 4.79 Å². The van der Waals surface area contributed by atoms with E-state index in [2.05, 4.69) is 82.9 Å². The number of carbonyl (C=O) groups excluding carboxylic acids is 1. The number of benzene rings is 1. The minimum absolute atomic E-state index is 0.0746. The molecule has 0 aliphatic carbocycles. The van der Waals surface area contributed by atoms with Crippen molar-refractivity contribution in [1.29, 1.82) is 0 Å². The Labute approximate surface area is 155 Å². The van der Waals surface area contributed by atoms with Gasteiger partial charge in [0.25, 0.3) is 0 Å². The Kier molecular flexibility index (Phi) is 8.14. The smallest absolute Gasteiger partial charge is 0.237 e. The molecule has 0 saturated heterocycles. The largest absolute Gasteiger partial charge is 0.350 e. The topological polar surface area (TPSA) is 32.3 Å². The molecule has 0 saturated carbocycles. The fourth-order valence-electron chi connectivity index (χ4n) is 3.88. The van der Waals surface area contributed by atoms with Crippen LogP contribution in [0.15, 0.2) is 30.3 Å². The highest BCUT2D eigenvalue weighted by Crippen LogP contribution is 2.27. The summed E-state index contributed by atoms with van der Waals surface area (Å²) in [6.07, 6.45) is 2.73. The van der Waals surface area contributed by atoms with Crippen molar-refractivity contribution in [3.8, 4) is 0 Å². The van der Waals surface area contributed by atoms with E-state index in [0.717, 1.165) is 32.4 Å². The number of nitrogens with one attached hydrogen (secondary N) is 1. The molecule has 1 unspecified atom stereocenters. The summed E-state index contributed by atoms with van der Waals surface area (Å²) in [6, 6.07) is 10.4. The molecule has 0 bridgehead atoms. The van der Waals surface area contributed by atoms with Gasteiger partial charge in [0, 0.05) is 5.54 Å². The monoisotopic (exact) mass is 346 g/mol. The molecule has 0 aromatic heterocycles. The van der Waals surface area contributed by atoms with E-state index in [0.29, 0.717) is 0 Å². The van der Waals surface area contributed by atoms with E-state index in [1.165, 1.54) is 5.56 Å². The highest BCUT2D eigenvalue weighted by atomic mass is 16.2. The number of likely N-dealkylation sites (N-methyl/N-ethyl adjacent to an activating group) is 1. The number of carbonyl (C=O) groups is 1. The molecule has 0 radical (unpaired) electrons. The SMILES string of the molecule is CCN(CC)C(CCc1ccccc1)C(=O)NC(C)(C)CC(C)(C)C. The van der Waals surface area contributed by atoms with Gasteiger partial charge in [-0.3, -0.25) is 9.69 Å². The van der Waals surface area contributed by atoms with Gasteiger partial charge in [0.2, 0.25) is 5.91 Å². The fourth-order valence-corrected chi connectivity index (χ4v) is 3.88. The Bertz CT molecular complexity index is 513. The van der Waals surface area contributed by atoms with Crippen LogP contribution in [0.5, 0.6) is 0 Å². The molecule has 3 nitrogen and oxygen atoms in total. The van der Waals surface area contributed by atoms with Gasteiger partial charge in [-0.1, -0.05) is 65.0 Å². The quantitative estimate of drug-likeness (QED) is 0.705. The summed E-state index contributed by atoms with van der Waals surface area (Å²) in [5.74, 6) is 0.161. The molecular formula is C22H38N2O. The number of rotatable bonds is 9. The summed E-state index contributed by atoms with van der Waals surface area (Å²) >= 11 is 0. The summed E-state index contributed by atoms with van der Waals surface area (Å²) in [6.45, 7) is 17.0. The maximum absolute atomic E-state index is 13.1. The summed E-state index contributed by atoms with van der Waals surface area (Å²) in [5, 5.41) is 3.32. The van der Waals surface area contributed by atoms with Gasteiger partial charge in [0.05, 0.1) is 6.04 Å². The van der Waals surface area contributed by atoms with Crippen LogP contribution in [-0.2, 0) is 11.2 Å². The molecule has 1 aromatic rings. The number of hydrogen-bond acceptors (Lipinski definition) is 2. The highest BCUT2D eigenvalue weighted by molar-refractivity contribution is 5.82. The van der Waals surface area contributed by atoms with Crippen molar-refractivity contribution >= 4 is 5.91 Å². The van der Waals surface area contributed by atoms with Crippen molar-refractivity contribution in [2.75, 3.05) is 13.1 Å². The van der Waals surface area contributed by atoms with Gasteiger partial charge in [-0.05, 0) is 57.2 Å². The van der Waals surface area contributed by atoms with Crippen molar-refractivity contribution in [3.05, 3.63) is 35.9 Å². The zero-order valence-electron chi connectivity index (χ0n) is 17.4. The van der Waals surface area contributed by atoms with Gasteiger partial charge in [-0.2, -0.15) is 0 Å². The average Bonchev–Trinajstić information content (AvgIpc) is 2.49. The lowest BCUT2D eigenvalue weighted by molar-refractivity contribution is -0.128. The molecule has 0 spiro atoms. The Morgan fingerprint density at radius 3 is 2.08 bits per heavy atom. The lowest BCUT2D eigenvalue weighted by Gasteiger charge is -2.36.